The summed E-state index contributed by atoms with van der Waals surface area (Å²) in [7, 11) is 0. The zero-order valence-electron chi connectivity index (χ0n) is 10.3. The van der Waals surface area contributed by atoms with Crippen molar-refractivity contribution < 1.29 is 4.79 Å². The molecule has 0 saturated carbocycles. The number of aromatic nitrogens is 1. The van der Waals surface area contributed by atoms with Gasteiger partial charge in [-0.1, -0.05) is 29.8 Å². The number of para-hydroxylation sites is 1. The zero-order chi connectivity index (χ0) is 14.1. The fourth-order valence-electron chi connectivity index (χ4n) is 2.06. The Hall–Kier alpha value is -1.78. The normalized spacial score (nSPS) is 10.7. The first kappa shape index (κ1) is 13.2. The molecule has 0 fully saturated rings. The van der Waals surface area contributed by atoms with Crippen molar-refractivity contribution in [2.75, 3.05) is 5.32 Å². The van der Waals surface area contributed by atoms with Gasteiger partial charge >= 0.3 is 0 Å². The maximum atomic E-state index is 12.4. The minimum atomic E-state index is -0.180. The number of aromatic amines is 1. The molecule has 0 aliphatic rings. The van der Waals surface area contributed by atoms with Crippen LogP contribution in [-0.2, 0) is 0 Å². The highest BCUT2D eigenvalue weighted by Crippen LogP contribution is 2.30. The third-order valence-electron chi connectivity index (χ3n) is 3.03. The minimum absolute atomic E-state index is 0.180. The van der Waals surface area contributed by atoms with Crippen LogP contribution < -0.4 is 5.32 Å². The van der Waals surface area contributed by atoms with E-state index in [1.54, 1.807) is 24.3 Å². The summed E-state index contributed by atoms with van der Waals surface area (Å²) in [5, 5.41) is 4.42. The summed E-state index contributed by atoms with van der Waals surface area (Å²) < 4.78 is 0.675. The van der Waals surface area contributed by atoms with Crippen LogP contribution in [0.25, 0.3) is 10.9 Å². The predicted octanol–water partition coefficient (Wildman–Crippen LogP) is 4.84. The summed E-state index contributed by atoms with van der Waals surface area (Å²) in [5.41, 5.74) is 2.06. The number of carbonyl (C=O) groups excluding carboxylic acids is 1. The van der Waals surface area contributed by atoms with Gasteiger partial charge in [0, 0.05) is 11.6 Å². The largest absolute Gasteiger partial charge is 0.361 e. The molecule has 5 heteroatoms. The lowest BCUT2D eigenvalue weighted by molar-refractivity contribution is 0.102. The van der Waals surface area contributed by atoms with Crippen LogP contribution in [0.1, 0.15) is 10.4 Å². The van der Waals surface area contributed by atoms with E-state index in [1.165, 1.54) is 0 Å². The van der Waals surface area contributed by atoms with E-state index in [9.17, 15) is 4.79 Å². The molecular weight excluding hydrogens is 340 g/mol. The van der Waals surface area contributed by atoms with Crippen molar-refractivity contribution in [3.8, 4) is 0 Å². The lowest BCUT2D eigenvalue weighted by atomic mass is 10.1. The number of hydrogen-bond acceptors (Lipinski definition) is 1. The molecule has 0 unspecified atom stereocenters. The van der Waals surface area contributed by atoms with E-state index < -0.39 is 0 Å². The molecule has 0 aliphatic heterocycles. The molecule has 100 valence electrons. The molecule has 1 amide bonds. The highest BCUT2D eigenvalue weighted by Gasteiger charge is 2.13. The van der Waals surface area contributed by atoms with Gasteiger partial charge in [0.25, 0.3) is 5.91 Å². The SMILES string of the molecule is O=C(Nc1cccc(Cl)c1Br)c1cccc2cc[nH]c12. The summed E-state index contributed by atoms with van der Waals surface area (Å²) >= 11 is 9.39. The quantitative estimate of drug-likeness (QED) is 0.683. The zero-order valence-corrected chi connectivity index (χ0v) is 12.6. The monoisotopic (exact) mass is 348 g/mol. The third-order valence-corrected chi connectivity index (χ3v) is 4.43. The van der Waals surface area contributed by atoms with E-state index in [0.717, 1.165) is 10.9 Å². The van der Waals surface area contributed by atoms with Crippen molar-refractivity contribution in [1.29, 1.82) is 0 Å². The molecule has 2 aromatic carbocycles. The molecule has 2 N–H and O–H groups in total. The molecule has 0 spiro atoms. The van der Waals surface area contributed by atoms with Crippen molar-refractivity contribution in [3.05, 3.63) is 63.7 Å². The van der Waals surface area contributed by atoms with Gasteiger partial charge in [-0.15, -0.1) is 0 Å². The lowest BCUT2D eigenvalue weighted by Crippen LogP contribution is -2.12. The number of halogens is 2. The van der Waals surface area contributed by atoms with Crippen molar-refractivity contribution in [3.63, 3.8) is 0 Å². The minimum Gasteiger partial charge on any atom is -0.361 e. The number of anilines is 1. The molecule has 0 atom stereocenters. The molecule has 0 radical (unpaired) electrons. The fraction of sp³-hybridized carbons (Fsp3) is 0. The molecule has 3 aromatic rings. The standard InChI is InChI=1S/C15H10BrClN2O/c16-13-11(17)5-2-6-12(13)19-15(20)10-4-1-3-9-7-8-18-14(9)10/h1-8,18H,(H,19,20). The van der Waals surface area contributed by atoms with Crippen LogP contribution in [0.3, 0.4) is 0 Å². The second kappa shape index (κ2) is 5.31. The number of nitrogens with one attached hydrogen (secondary N) is 2. The second-order valence-corrected chi connectivity index (χ2v) is 5.50. The Labute approximate surface area is 129 Å². The van der Waals surface area contributed by atoms with E-state index in [4.69, 9.17) is 11.6 Å². The van der Waals surface area contributed by atoms with Gasteiger partial charge in [0.15, 0.2) is 0 Å². The number of fused-ring (bicyclic) bond motifs is 1. The average molecular weight is 350 g/mol. The van der Waals surface area contributed by atoms with E-state index in [-0.39, 0.29) is 5.91 Å². The van der Waals surface area contributed by atoms with Gasteiger partial charge in [0.1, 0.15) is 0 Å². The number of rotatable bonds is 2. The van der Waals surface area contributed by atoms with Gasteiger partial charge in [0.2, 0.25) is 0 Å². The molecule has 3 nitrogen and oxygen atoms in total. The van der Waals surface area contributed by atoms with Crippen LogP contribution in [0.5, 0.6) is 0 Å². The number of hydrogen-bond donors (Lipinski definition) is 2. The number of benzene rings is 2. The molecule has 1 aromatic heterocycles. The predicted molar refractivity (Wildman–Crippen MR) is 85.4 cm³/mol. The fourth-order valence-corrected chi connectivity index (χ4v) is 2.60. The van der Waals surface area contributed by atoms with Crippen molar-refractivity contribution in [2.24, 2.45) is 0 Å². The number of amides is 1. The van der Waals surface area contributed by atoms with Gasteiger partial charge < -0.3 is 10.3 Å². The highest BCUT2D eigenvalue weighted by atomic mass is 79.9. The molecule has 20 heavy (non-hydrogen) atoms. The summed E-state index contributed by atoms with van der Waals surface area (Å²) in [6, 6.07) is 12.9. The van der Waals surface area contributed by atoms with Crippen molar-refractivity contribution in [1.82, 2.24) is 4.98 Å². The molecule has 1 heterocycles. The van der Waals surface area contributed by atoms with Crippen molar-refractivity contribution >= 4 is 50.0 Å². The highest BCUT2D eigenvalue weighted by molar-refractivity contribution is 9.10. The summed E-state index contributed by atoms with van der Waals surface area (Å²) in [6.45, 7) is 0. The Morgan fingerprint density at radius 3 is 2.80 bits per heavy atom. The summed E-state index contributed by atoms with van der Waals surface area (Å²) in [5.74, 6) is -0.180. The Morgan fingerprint density at radius 1 is 1.15 bits per heavy atom. The second-order valence-electron chi connectivity index (χ2n) is 4.30. The number of H-pyrrole nitrogens is 1. The van der Waals surface area contributed by atoms with Crippen LogP contribution in [-0.4, -0.2) is 10.9 Å². The maximum absolute atomic E-state index is 12.4. The van der Waals surface area contributed by atoms with Gasteiger partial charge in [-0.3, -0.25) is 4.79 Å². The Kier molecular flexibility index (Phi) is 3.51. The third kappa shape index (κ3) is 2.32. The van der Waals surface area contributed by atoms with Crippen LogP contribution in [0, 0.1) is 0 Å². The van der Waals surface area contributed by atoms with Crippen LogP contribution in [0.15, 0.2) is 53.1 Å². The van der Waals surface area contributed by atoms with Gasteiger partial charge in [0.05, 0.1) is 26.3 Å². The van der Waals surface area contributed by atoms with Crippen molar-refractivity contribution in [2.45, 2.75) is 0 Å². The Balaban J connectivity index is 1.97. The lowest BCUT2D eigenvalue weighted by Gasteiger charge is -2.09. The van der Waals surface area contributed by atoms with E-state index in [2.05, 4.69) is 26.2 Å². The maximum Gasteiger partial charge on any atom is 0.257 e. The topological polar surface area (TPSA) is 44.9 Å². The van der Waals surface area contributed by atoms with Gasteiger partial charge in [-0.05, 0) is 40.2 Å². The summed E-state index contributed by atoms with van der Waals surface area (Å²) in [4.78, 5) is 15.5. The molecule has 0 aliphatic carbocycles. The van der Waals surface area contributed by atoms with Crippen LogP contribution in [0.4, 0.5) is 5.69 Å². The molecule has 0 bridgehead atoms. The Morgan fingerprint density at radius 2 is 1.95 bits per heavy atom. The van der Waals surface area contributed by atoms with E-state index >= 15 is 0 Å². The van der Waals surface area contributed by atoms with E-state index in [0.29, 0.717) is 20.7 Å². The van der Waals surface area contributed by atoms with Crippen LogP contribution in [0.2, 0.25) is 5.02 Å². The smallest absolute Gasteiger partial charge is 0.257 e. The first-order valence-electron chi connectivity index (χ1n) is 5.98. The van der Waals surface area contributed by atoms with Gasteiger partial charge in [-0.2, -0.15) is 0 Å². The van der Waals surface area contributed by atoms with Gasteiger partial charge in [-0.25, -0.2) is 0 Å². The number of carbonyl (C=O) groups is 1. The molecule has 0 saturated heterocycles. The molecular formula is C15H10BrClN2O. The average Bonchev–Trinajstić information content (AvgIpc) is 2.92. The van der Waals surface area contributed by atoms with Crippen LogP contribution >= 0.6 is 27.5 Å². The first-order valence-corrected chi connectivity index (χ1v) is 7.15. The molecule has 3 rings (SSSR count). The summed E-state index contributed by atoms with van der Waals surface area (Å²) in [6.07, 6.45) is 1.82. The van der Waals surface area contributed by atoms with E-state index in [1.807, 2.05) is 24.4 Å². The Bertz CT molecular complexity index is 797. The first-order chi connectivity index (χ1) is 9.66.